The molecule has 2 amide bonds. The van der Waals surface area contributed by atoms with E-state index in [0.29, 0.717) is 16.2 Å². The molecule has 0 unspecified atom stereocenters. The minimum absolute atomic E-state index is 0.0361. The number of aryl methyl sites for hydroxylation is 1. The van der Waals surface area contributed by atoms with Gasteiger partial charge in [0.05, 0.1) is 11.3 Å². The van der Waals surface area contributed by atoms with Crippen LogP contribution in [0.2, 0.25) is 0 Å². The molecule has 0 atom stereocenters. The number of benzene rings is 1. The van der Waals surface area contributed by atoms with Crippen molar-refractivity contribution in [1.82, 2.24) is 10.5 Å². The number of amides is 2. The third-order valence-corrected chi connectivity index (χ3v) is 6.24. The summed E-state index contributed by atoms with van der Waals surface area (Å²) in [5.74, 6) is -0.148. The van der Waals surface area contributed by atoms with Gasteiger partial charge >= 0.3 is 5.97 Å². The maximum absolute atomic E-state index is 12.5. The number of nitrogens with one attached hydrogen (secondary N) is 2. The van der Waals surface area contributed by atoms with Crippen molar-refractivity contribution in [2.45, 2.75) is 62.8 Å². The van der Waals surface area contributed by atoms with E-state index in [1.807, 2.05) is 0 Å². The average Bonchev–Trinajstić information content (AvgIpc) is 3.17. The predicted octanol–water partition coefficient (Wildman–Crippen LogP) is 4.10. The smallest absolute Gasteiger partial charge is 0.339 e. The molecule has 2 N–H and O–H groups in total. The molecule has 9 heteroatoms. The second-order valence-corrected chi connectivity index (χ2v) is 8.86. The maximum atomic E-state index is 12.5. The molecule has 1 saturated carbocycles. The number of ether oxygens (including phenoxy) is 1. The molecule has 1 aliphatic carbocycles. The van der Waals surface area contributed by atoms with Crippen LogP contribution in [0.3, 0.4) is 0 Å². The molecule has 2 aromatic rings. The molecular formula is C23H29N3O5S. The highest BCUT2D eigenvalue weighted by molar-refractivity contribution is 8.00. The van der Waals surface area contributed by atoms with Crippen molar-refractivity contribution in [3.63, 3.8) is 0 Å². The summed E-state index contributed by atoms with van der Waals surface area (Å²) >= 11 is 1.29. The quantitative estimate of drug-likeness (QED) is 0.452. The molecular weight excluding hydrogens is 430 g/mol. The SMILES string of the molecule is Cc1cc(NC(=O)COC(=O)c2ccccc2SCC(=O)NC2CCCCCCC2)no1. The predicted molar refractivity (Wildman–Crippen MR) is 122 cm³/mol. The van der Waals surface area contributed by atoms with Crippen LogP contribution in [-0.2, 0) is 14.3 Å². The van der Waals surface area contributed by atoms with Crippen LogP contribution in [0, 0.1) is 6.92 Å². The Bertz CT molecular complexity index is 922. The summed E-state index contributed by atoms with van der Waals surface area (Å²) in [6.07, 6.45) is 8.09. The number of nitrogens with zero attached hydrogens (tertiary/aromatic N) is 1. The molecule has 1 aromatic heterocycles. The Kier molecular flexibility index (Phi) is 9.15. The summed E-state index contributed by atoms with van der Waals surface area (Å²) in [5, 5.41) is 9.28. The van der Waals surface area contributed by atoms with Crippen LogP contribution in [0.15, 0.2) is 39.8 Å². The van der Waals surface area contributed by atoms with E-state index < -0.39 is 18.5 Å². The van der Waals surface area contributed by atoms with Gasteiger partial charge in [0.15, 0.2) is 12.4 Å². The van der Waals surface area contributed by atoms with E-state index in [1.165, 1.54) is 31.0 Å². The maximum Gasteiger partial charge on any atom is 0.339 e. The Morgan fingerprint density at radius 2 is 1.81 bits per heavy atom. The monoisotopic (exact) mass is 459 g/mol. The van der Waals surface area contributed by atoms with Gasteiger partial charge in [-0.1, -0.05) is 49.4 Å². The molecule has 0 radical (unpaired) electrons. The number of carbonyl (C=O) groups excluding carboxylic acids is 3. The summed E-state index contributed by atoms with van der Waals surface area (Å²) in [6, 6.07) is 8.70. The minimum atomic E-state index is -0.625. The van der Waals surface area contributed by atoms with E-state index in [9.17, 15) is 14.4 Å². The zero-order valence-corrected chi connectivity index (χ0v) is 19.0. The number of thioether (sulfide) groups is 1. The molecule has 8 nitrogen and oxygen atoms in total. The van der Waals surface area contributed by atoms with Gasteiger partial charge in [0.25, 0.3) is 5.91 Å². The summed E-state index contributed by atoms with van der Waals surface area (Å²) in [7, 11) is 0. The lowest BCUT2D eigenvalue weighted by Gasteiger charge is -2.21. The van der Waals surface area contributed by atoms with Crippen molar-refractivity contribution >= 4 is 35.4 Å². The molecule has 32 heavy (non-hydrogen) atoms. The number of esters is 1. The number of aromatic nitrogens is 1. The number of rotatable bonds is 8. The second kappa shape index (κ2) is 12.3. The summed E-state index contributed by atoms with van der Waals surface area (Å²) in [4.78, 5) is 37.5. The summed E-state index contributed by atoms with van der Waals surface area (Å²) in [6.45, 7) is 1.25. The van der Waals surface area contributed by atoms with Crippen LogP contribution < -0.4 is 10.6 Å². The minimum Gasteiger partial charge on any atom is -0.452 e. The van der Waals surface area contributed by atoms with E-state index in [-0.39, 0.29) is 23.5 Å². The van der Waals surface area contributed by atoms with Crippen molar-refractivity contribution in [3.8, 4) is 0 Å². The van der Waals surface area contributed by atoms with Crippen LogP contribution in [0.4, 0.5) is 5.82 Å². The van der Waals surface area contributed by atoms with Gasteiger partial charge in [0.2, 0.25) is 5.91 Å². The fourth-order valence-electron chi connectivity index (χ4n) is 3.59. The molecule has 0 saturated heterocycles. The topological polar surface area (TPSA) is 111 Å². The average molecular weight is 460 g/mol. The van der Waals surface area contributed by atoms with Crippen LogP contribution in [0.25, 0.3) is 0 Å². The second-order valence-electron chi connectivity index (χ2n) is 7.84. The fourth-order valence-corrected chi connectivity index (χ4v) is 4.44. The highest BCUT2D eigenvalue weighted by Gasteiger charge is 2.18. The first-order chi connectivity index (χ1) is 15.5. The summed E-state index contributed by atoms with van der Waals surface area (Å²) < 4.78 is 10.0. The molecule has 3 rings (SSSR count). The third-order valence-electron chi connectivity index (χ3n) is 5.17. The number of hydrogen-bond donors (Lipinski definition) is 2. The molecule has 172 valence electrons. The van der Waals surface area contributed by atoms with Gasteiger partial charge in [0, 0.05) is 17.0 Å². The molecule has 1 heterocycles. The van der Waals surface area contributed by atoms with Gasteiger partial charge < -0.3 is 19.9 Å². The molecule has 1 aliphatic rings. The Labute approximate surface area is 191 Å². The zero-order valence-electron chi connectivity index (χ0n) is 18.2. The van der Waals surface area contributed by atoms with E-state index in [2.05, 4.69) is 15.8 Å². The van der Waals surface area contributed by atoms with E-state index in [4.69, 9.17) is 9.26 Å². The molecule has 0 spiro atoms. The molecule has 0 bridgehead atoms. The van der Waals surface area contributed by atoms with Gasteiger partial charge in [-0.25, -0.2) is 4.79 Å². The number of hydrogen-bond acceptors (Lipinski definition) is 7. The van der Waals surface area contributed by atoms with Gasteiger partial charge in [-0.2, -0.15) is 0 Å². The van der Waals surface area contributed by atoms with Crippen molar-refractivity contribution in [3.05, 3.63) is 41.7 Å². The molecule has 0 aliphatic heterocycles. The largest absolute Gasteiger partial charge is 0.452 e. The van der Waals surface area contributed by atoms with Crippen molar-refractivity contribution < 1.29 is 23.6 Å². The number of carbonyl (C=O) groups is 3. The Hall–Kier alpha value is -2.81. The Morgan fingerprint density at radius 3 is 2.53 bits per heavy atom. The molecule has 1 aromatic carbocycles. The van der Waals surface area contributed by atoms with E-state index in [0.717, 1.165) is 25.7 Å². The third kappa shape index (κ3) is 7.71. The first-order valence-corrected chi connectivity index (χ1v) is 11.9. The van der Waals surface area contributed by atoms with Crippen LogP contribution >= 0.6 is 11.8 Å². The van der Waals surface area contributed by atoms with Gasteiger partial charge in [-0.15, -0.1) is 11.8 Å². The van der Waals surface area contributed by atoms with Gasteiger partial charge in [-0.05, 0) is 31.9 Å². The molecule has 1 fully saturated rings. The first-order valence-electron chi connectivity index (χ1n) is 10.9. The lowest BCUT2D eigenvalue weighted by atomic mass is 9.97. The van der Waals surface area contributed by atoms with Crippen molar-refractivity contribution in [2.24, 2.45) is 0 Å². The van der Waals surface area contributed by atoms with Crippen molar-refractivity contribution in [2.75, 3.05) is 17.7 Å². The lowest BCUT2D eigenvalue weighted by molar-refractivity contribution is -0.120. The number of anilines is 1. The van der Waals surface area contributed by atoms with Gasteiger partial charge in [0.1, 0.15) is 5.76 Å². The first kappa shape index (κ1) is 23.8. The Balaban J connectivity index is 1.48. The normalized spacial score (nSPS) is 14.8. The van der Waals surface area contributed by atoms with E-state index in [1.54, 1.807) is 37.3 Å². The van der Waals surface area contributed by atoms with Crippen LogP contribution in [0.5, 0.6) is 0 Å². The lowest BCUT2D eigenvalue weighted by Crippen LogP contribution is -2.36. The fraction of sp³-hybridized carbons (Fsp3) is 0.478. The Morgan fingerprint density at radius 1 is 1.09 bits per heavy atom. The highest BCUT2D eigenvalue weighted by Crippen LogP contribution is 2.24. The van der Waals surface area contributed by atoms with E-state index >= 15 is 0 Å². The van der Waals surface area contributed by atoms with Crippen LogP contribution in [-0.4, -0.2) is 41.3 Å². The standard InChI is InChI=1S/C23H29N3O5S/c1-16-13-20(26-31-16)25-21(27)14-30-23(29)18-11-7-8-12-19(18)32-15-22(28)24-17-9-5-3-2-4-6-10-17/h7-8,11-13,17H,2-6,9-10,14-15H2,1H3,(H,24,28)(H,25,26,27). The summed E-state index contributed by atoms with van der Waals surface area (Å²) in [5.41, 5.74) is 0.321. The zero-order chi connectivity index (χ0) is 22.8. The van der Waals surface area contributed by atoms with Crippen molar-refractivity contribution in [1.29, 1.82) is 0 Å². The highest BCUT2D eigenvalue weighted by atomic mass is 32.2. The van der Waals surface area contributed by atoms with Crippen LogP contribution in [0.1, 0.15) is 61.1 Å². The van der Waals surface area contributed by atoms with Gasteiger partial charge in [-0.3, -0.25) is 9.59 Å².